The number of halogens is 1. The third-order valence-corrected chi connectivity index (χ3v) is 5.25. The van der Waals surface area contributed by atoms with E-state index in [2.05, 4.69) is 5.32 Å². The average molecular weight is 444 g/mol. The van der Waals surface area contributed by atoms with E-state index in [1.54, 1.807) is 29.2 Å². The van der Waals surface area contributed by atoms with Crippen LogP contribution in [0.4, 0.5) is 5.69 Å². The van der Waals surface area contributed by atoms with Crippen molar-refractivity contribution in [3.8, 4) is 0 Å². The van der Waals surface area contributed by atoms with Crippen LogP contribution in [0.25, 0.3) is 0 Å². The Kier molecular flexibility index (Phi) is 6.88. The molecule has 3 rings (SSSR count). The number of hydrogen-bond donors (Lipinski definition) is 3. The van der Waals surface area contributed by atoms with Gasteiger partial charge in [-0.15, -0.1) is 0 Å². The second-order valence-electron chi connectivity index (χ2n) is 7.12. The summed E-state index contributed by atoms with van der Waals surface area (Å²) in [6.07, 6.45) is 0. The van der Waals surface area contributed by atoms with Crippen LogP contribution in [0.15, 0.2) is 42.5 Å². The Hall–Kier alpha value is -3.43. The van der Waals surface area contributed by atoms with Gasteiger partial charge < -0.3 is 21.7 Å². The summed E-state index contributed by atoms with van der Waals surface area (Å²) in [5.74, 6) is -1.95. The number of carbonyl (C=O) groups excluding carboxylic acids is 4. The molecule has 1 heterocycles. The van der Waals surface area contributed by atoms with E-state index in [1.165, 1.54) is 18.2 Å². The van der Waals surface area contributed by atoms with E-state index >= 15 is 0 Å². The van der Waals surface area contributed by atoms with Crippen molar-refractivity contribution in [1.29, 1.82) is 0 Å². The monoisotopic (exact) mass is 443 g/mol. The molecular weight excluding hydrogens is 422 g/mol. The van der Waals surface area contributed by atoms with Crippen molar-refractivity contribution in [3.05, 3.63) is 64.2 Å². The number of nitrogens with one attached hydrogen (secondary N) is 1. The number of nitrogens with zero attached hydrogens (tertiary/aromatic N) is 2. The van der Waals surface area contributed by atoms with Gasteiger partial charge in [-0.3, -0.25) is 24.1 Å². The summed E-state index contributed by atoms with van der Waals surface area (Å²) in [4.78, 5) is 51.6. The Bertz CT molecular complexity index is 1000. The molecule has 2 aromatic carbocycles. The number of nitrogens with two attached hydrogens (primary N) is 2. The SMILES string of the molecule is NC(=O)c1cc(NC(=O)CN2CCN(C(=O)c3ccccc3Cl)CC2)cc(C(N)=O)c1. The quantitative estimate of drug-likeness (QED) is 0.609. The fraction of sp³-hybridized carbons (Fsp3) is 0.238. The van der Waals surface area contributed by atoms with Crippen LogP contribution >= 0.6 is 11.6 Å². The molecule has 0 aromatic heterocycles. The van der Waals surface area contributed by atoms with E-state index in [9.17, 15) is 19.2 Å². The molecule has 2 aromatic rings. The zero-order chi connectivity index (χ0) is 22.5. The summed E-state index contributed by atoms with van der Waals surface area (Å²) < 4.78 is 0. The summed E-state index contributed by atoms with van der Waals surface area (Å²) in [5, 5.41) is 3.06. The van der Waals surface area contributed by atoms with Crippen molar-refractivity contribution in [2.45, 2.75) is 0 Å². The first-order chi connectivity index (χ1) is 14.7. The Morgan fingerprint density at radius 3 is 2.03 bits per heavy atom. The van der Waals surface area contributed by atoms with Gasteiger partial charge in [0.1, 0.15) is 0 Å². The minimum atomic E-state index is -0.738. The van der Waals surface area contributed by atoms with E-state index in [0.29, 0.717) is 36.8 Å². The Morgan fingerprint density at radius 2 is 1.48 bits per heavy atom. The van der Waals surface area contributed by atoms with Crippen LogP contribution in [0.3, 0.4) is 0 Å². The molecule has 0 aliphatic carbocycles. The highest BCUT2D eigenvalue weighted by Crippen LogP contribution is 2.18. The van der Waals surface area contributed by atoms with Crippen molar-refractivity contribution in [2.75, 3.05) is 38.0 Å². The van der Waals surface area contributed by atoms with Crippen LogP contribution in [0.5, 0.6) is 0 Å². The number of hydrogen-bond acceptors (Lipinski definition) is 5. The van der Waals surface area contributed by atoms with Crippen LogP contribution in [0.1, 0.15) is 31.1 Å². The van der Waals surface area contributed by atoms with E-state index in [1.807, 2.05) is 4.90 Å². The summed E-state index contributed by atoms with van der Waals surface area (Å²) in [6.45, 7) is 2.02. The lowest BCUT2D eigenvalue weighted by molar-refractivity contribution is -0.117. The first-order valence-corrected chi connectivity index (χ1v) is 9.93. The van der Waals surface area contributed by atoms with Crippen LogP contribution < -0.4 is 16.8 Å². The maximum atomic E-state index is 12.6. The molecule has 1 fully saturated rings. The van der Waals surface area contributed by atoms with Gasteiger partial charge in [0, 0.05) is 43.0 Å². The van der Waals surface area contributed by atoms with E-state index in [0.717, 1.165) is 0 Å². The molecular formula is C21H22ClN5O4. The van der Waals surface area contributed by atoms with E-state index < -0.39 is 11.8 Å². The predicted octanol–water partition coefficient (Wildman–Crippen LogP) is 0.934. The highest BCUT2D eigenvalue weighted by atomic mass is 35.5. The van der Waals surface area contributed by atoms with Gasteiger partial charge in [0.05, 0.1) is 17.1 Å². The molecule has 0 atom stereocenters. The molecule has 1 saturated heterocycles. The molecule has 4 amide bonds. The third kappa shape index (κ3) is 5.59. The molecule has 9 nitrogen and oxygen atoms in total. The molecule has 1 aliphatic heterocycles. The Morgan fingerprint density at radius 1 is 0.903 bits per heavy atom. The molecule has 5 N–H and O–H groups in total. The topological polar surface area (TPSA) is 139 Å². The Labute approximate surface area is 183 Å². The number of primary amides is 2. The second-order valence-corrected chi connectivity index (χ2v) is 7.53. The summed E-state index contributed by atoms with van der Waals surface area (Å²) in [6, 6.07) is 10.9. The molecule has 0 saturated carbocycles. The van der Waals surface area contributed by atoms with Crippen molar-refractivity contribution >= 4 is 40.9 Å². The van der Waals surface area contributed by atoms with E-state index in [-0.39, 0.29) is 35.2 Å². The molecule has 0 unspecified atom stereocenters. The second kappa shape index (κ2) is 9.59. The van der Waals surface area contributed by atoms with Gasteiger partial charge in [0.2, 0.25) is 17.7 Å². The smallest absolute Gasteiger partial charge is 0.255 e. The number of anilines is 1. The highest BCUT2D eigenvalue weighted by Gasteiger charge is 2.24. The van der Waals surface area contributed by atoms with Gasteiger partial charge in [-0.2, -0.15) is 0 Å². The molecule has 10 heteroatoms. The maximum absolute atomic E-state index is 12.6. The van der Waals surface area contributed by atoms with Crippen molar-refractivity contribution in [2.24, 2.45) is 11.5 Å². The van der Waals surface area contributed by atoms with Crippen molar-refractivity contribution < 1.29 is 19.2 Å². The number of amides is 4. The van der Waals surface area contributed by atoms with Gasteiger partial charge in [-0.25, -0.2) is 0 Å². The summed E-state index contributed by atoms with van der Waals surface area (Å²) in [7, 11) is 0. The first-order valence-electron chi connectivity index (χ1n) is 9.55. The number of rotatable bonds is 6. The van der Waals surface area contributed by atoms with Crippen molar-refractivity contribution in [3.63, 3.8) is 0 Å². The normalized spacial score (nSPS) is 14.2. The van der Waals surface area contributed by atoms with Crippen LogP contribution in [-0.4, -0.2) is 66.2 Å². The molecule has 1 aliphatic rings. The minimum Gasteiger partial charge on any atom is -0.366 e. The van der Waals surface area contributed by atoms with E-state index in [4.69, 9.17) is 23.1 Å². The lowest BCUT2D eigenvalue weighted by atomic mass is 10.1. The fourth-order valence-corrected chi connectivity index (χ4v) is 3.52. The standard InChI is InChI=1S/C21H22ClN5O4/c22-17-4-2-1-3-16(17)21(31)27-7-5-26(6-8-27)12-18(28)25-15-10-13(19(23)29)9-14(11-15)20(24)30/h1-4,9-11H,5-8,12H2,(H2,23,29)(H2,24,30)(H,25,28). The lowest BCUT2D eigenvalue weighted by Crippen LogP contribution is -2.50. The largest absolute Gasteiger partial charge is 0.366 e. The number of carbonyl (C=O) groups is 4. The average Bonchev–Trinajstić information content (AvgIpc) is 2.73. The van der Waals surface area contributed by atoms with Gasteiger partial charge in [0.15, 0.2) is 0 Å². The van der Waals surface area contributed by atoms with Crippen LogP contribution in [-0.2, 0) is 4.79 Å². The third-order valence-electron chi connectivity index (χ3n) is 4.92. The fourth-order valence-electron chi connectivity index (χ4n) is 3.30. The lowest BCUT2D eigenvalue weighted by Gasteiger charge is -2.34. The van der Waals surface area contributed by atoms with Gasteiger partial charge in [-0.05, 0) is 30.3 Å². The minimum absolute atomic E-state index is 0.0679. The summed E-state index contributed by atoms with van der Waals surface area (Å²) in [5.41, 5.74) is 11.4. The summed E-state index contributed by atoms with van der Waals surface area (Å²) >= 11 is 6.11. The molecule has 0 bridgehead atoms. The first kappa shape index (κ1) is 22.3. The van der Waals surface area contributed by atoms with Gasteiger partial charge >= 0.3 is 0 Å². The highest BCUT2D eigenvalue weighted by molar-refractivity contribution is 6.33. The van der Waals surface area contributed by atoms with Crippen LogP contribution in [0, 0.1) is 0 Å². The predicted molar refractivity (Wildman–Crippen MR) is 116 cm³/mol. The van der Waals surface area contributed by atoms with Gasteiger partial charge in [-0.1, -0.05) is 23.7 Å². The molecule has 0 radical (unpaired) electrons. The number of piperazine rings is 1. The molecule has 0 spiro atoms. The number of benzene rings is 2. The zero-order valence-corrected chi connectivity index (χ0v) is 17.4. The maximum Gasteiger partial charge on any atom is 0.255 e. The molecule has 31 heavy (non-hydrogen) atoms. The van der Waals surface area contributed by atoms with Gasteiger partial charge in [0.25, 0.3) is 5.91 Å². The Balaban J connectivity index is 1.57. The van der Waals surface area contributed by atoms with Crippen molar-refractivity contribution in [1.82, 2.24) is 9.80 Å². The van der Waals surface area contributed by atoms with Crippen LogP contribution in [0.2, 0.25) is 5.02 Å². The molecule has 162 valence electrons. The zero-order valence-electron chi connectivity index (χ0n) is 16.6.